The summed E-state index contributed by atoms with van der Waals surface area (Å²) in [6, 6.07) is 19.6. The van der Waals surface area contributed by atoms with Crippen molar-refractivity contribution >= 4 is 0 Å². The Balaban J connectivity index is 2.26. The molecule has 0 bridgehead atoms. The number of hydrogen-bond donors (Lipinski definition) is 1. The summed E-state index contributed by atoms with van der Waals surface area (Å²) < 4.78 is 1.70. The Kier molecular flexibility index (Phi) is 4.64. The molecule has 0 fully saturated rings. The third kappa shape index (κ3) is 3.22. The quantitative estimate of drug-likeness (QED) is 0.788. The standard InChI is InChI=1S/C19H18N2O2/c22-13-7-12-21-17(23)14-20-18(15-8-3-1-4-9-15)19(21)16-10-5-2-6-11-16/h1-6,8-11,14,22H,7,12-13H2. The number of nitrogens with zero attached hydrogens (tertiary/aromatic N) is 2. The summed E-state index contributed by atoms with van der Waals surface area (Å²) in [5.74, 6) is 0. The van der Waals surface area contributed by atoms with Crippen molar-refractivity contribution in [3.8, 4) is 22.5 Å². The second kappa shape index (κ2) is 7.03. The minimum Gasteiger partial charge on any atom is -0.396 e. The maximum Gasteiger partial charge on any atom is 0.269 e. The maximum atomic E-state index is 12.3. The fourth-order valence-electron chi connectivity index (χ4n) is 2.64. The summed E-state index contributed by atoms with van der Waals surface area (Å²) in [4.78, 5) is 16.7. The van der Waals surface area contributed by atoms with E-state index >= 15 is 0 Å². The van der Waals surface area contributed by atoms with Crippen LogP contribution >= 0.6 is 0 Å². The molecule has 0 saturated carbocycles. The number of rotatable bonds is 5. The topological polar surface area (TPSA) is 55.1 Å². The Labute approximate surface area is 134 Å². The molecule has 0 saturated heterocycles. The fraction of sp³-hybridized carbons (Fsp3) is 0.158. The SMILES string of the molecule is O=c1cnc(-c2ccccc2)c(-c2ccccc2)n1CCCO. The summed E-state index contributed by atoms with van der Waals surface area (Å²) in [5.41, 5.74) is 3.31. The van der Waals surface area contributed by atoms with E-state index in [9.17, 15) is 4.79 Å². The highest BCUT2D eigenvalue weighted by molar-refractivity contribution is 5.78. The molecular weight excluding hydrogens is 288 g/mol. The lowest BCUT2D eigenvalue weighted by Gasteiger charge is -2.16. The van der Waals surface area contributed by atoms with E-state index < -0.39 is 0 Å². The Morgan fingerprint density at radius 2 is 1.52 bits per heavy atom. The summed E-state index contributed by atoms with van der Waals surface area (Å²) in [6.45, 7) is 0.506. The number of hydrogen-bond acceptors (Lipinski definition) is 3. The highest BCUT2D eigenvalue weighted by atomic mass is 16.3. The fourth-order valence-corrected chi connectivity index (χ4v) is 2.64. The lowest BCUT2D eigenvalue weighted by molar-refractivity contribution is 0.279. The van der Waals surface area contributed by atoms with Crippen LogP contribution in [-0.2, 0) is 6.54 Å². The lowest BCUT2D eigenvalue weighted by Crippen LogP contribution is -2.23. The highest BCUT2D eigenvalue weighted by Crippen LogP contribution is 2.29. The summed E-state index contributed by atoms with van der Waals surface area (Å²) in [5, 5.41) is 9.14. The molecule has 3 aromatic rings. The third-order valence-electron chi connectivity index (χ3n) is 3.70. The molecule has 2 aromatic carbocycles. The van der Waals surface area contributed by atoms with Crippen LogP contribution in [0.2, 0.25) is 0 Å². The summed E-state index contributed by atoms with van der Waals surface area (Å²) in [7, 11) is 0. The van der Waals surface area contributed by atoms with Gasteiger partial charge in [0.25, 0.3) is 5.56 Å². The van der Waals surface area contributed by atoms with E-state index in [1.165, 1.54) is 6.20 Å². The van der Waals surface area contributed by atoms with Crippen molar-refractivity contribution in [2.24, 2.45) is 0 Å². The van der Waals surface area contributed by atoms with Crippen molar-refractivity contribution in [3.05, 3.63) is 77.2 Å². The molecule has 4 nitrogen and oxygen atoms in total. The van der Waals surface area contributed by atoms with Crippen molar-refractivity contribution in [2.45, 2.75) is 13.0 Å². The molecule has 1 N–H and O–H groups in total. The van der Waals surface area contributed by atoms with Gasteiger partial charge < -0.3 is 9.67 Å². The van der Waals surface area contributed by atoms with Crippen LogP contribution in [0.25, 0.3) is 22.5 Å². The smallest absolute Gasteiger partial charge is 0.269 e. The van der Waals surface area contributed by atoms with Gasteiger partial charge in [0, 0.05) is 24.3 Å². The molecule has 0 radical (unpaired) electrons. The van der Waals surface area contributed by atoms with Gasteiger partial charge in [-0.25, -0.2) is 4.98 Å². The van der Waals surface area contributed by atoms with E-state index in [1.807, 2.05) is 60.7 Å². The van der Waals surface area contributed by atoms with Crippen LogP contribution in [0, 0.1) is 0 Å². The second-order valence-electron chi connectivity index (χ2n) is 5.25. The number of benzene rings is 2. The van der Waals surface area contributed by atoms with Crippen molar-refractivity contribution in [1.29, 1.82) is 0 Å². The third-order valence-corrected chi connectivity index (χ3v) is 3.70. The Morgan fingerprint density at radius 1 is 0.913 bits per heavy atom. The predicted molar refractivity (Wildman–Crippen MR) is 91.1 cm³/mol. The zero-order valence-electron chi connectivity index (χ0n) is 12.7. The van der Waals surface area contributed by atoms with Crippen molar-refractivity contribution < 1.29 is 5.11 Å². The normalized spacial score (nSPS) is 10.7. The number of aliphatic hydroxyl groups is 1. The molecule has 0 amide bonds. The van der Waals surface area contributed by atoms with E-state index in [4.69, 9.17) is 5.11 Å². The number of aromatic nitrogens is 2. The van der Waals surface area contributed by atoms with Gasteiger partial charge in [0.1, 0.15) is 0 Å². The molecule has 1 aromatic heterocycles. The van der Waals surface area contributed by atoms with Gasteiger partial charge in [0.2, 0.25) is 0 Å². The molecule has 0 spiro atoms. The molecule has 0 unspecified atom stereocenters. The van der Waals surface area contributed by atoms with Crippen LogP contribution in [0.15, 0.2) is 71.7 Å². The van der Waals surface area contributed by atoms with E-state index in [1.54, 1.807) is 4.57 Å². The van der Waals surface area contributed by atoms with E-state index in [0.29, 0.717) is 13.0 Å². The lowest BCUT2D eigenvalue weighted by atomic mass is 10.0. The zero-order chi connectivity index (χ0) is 16.1. The predicted octanol–water partition coefficient (Wildman–Crippen LogP) is 2.96. The van der Waals surface area contributed by atoms with Crippen molar-refractivity contribution in [1.82, 2.24) is 9.55 Å². The first-order valence-corrected chi connectivity index (χ1v) is 7.63. The van der Waals surface area contributed by atoms with Gasteiger partial charge in [0.15, 0.2) is 0 Å². The van der Waals surface area contributed by atoms with Gasteiger partial charge in [-0.3, -0.25) is 4.79 Å². The van der Waals surface area contributed by atoms with Crippen LogP contribution in [0.5, 0.6) is 0 Å². The Morgan fingerprint density at radius 3 is 2.13 bits per heavy atom. The van der Waals surface area contributed by atoms with Gasteiger partial charge in [0.05, 0.1) is 17.6 Å². The van der Waals surface area contributed by atoms with Gasteiger partial charge in [-0.2, -0.15) is 0 Å². The molecule has 0 aliphatic carbocycles. The molecule has 1 heterocycles. The maximum absolute atomic E-state index is 12.3. The van der Waals surface area contributed by atoms with E-state index in [2.05, 4.69) is 4.98 Å². The highest BCUT2D eigenvalue weighted by Gasteiger charge is 2.14. The average Bonchev–Trinajstić information content (AvgIpc) is 2.62. The molecule has 0 aliphatic heterocycles. The Hall–Kier alpha value is -2.72. The first kappa shape index (κ1) is 15.2. The molecule has 0 aliphatic rings. The minimum atomic E-state index is -0.156. The van der Waals surface area contributed by atoms with Crippen molar-refractivity contribution in [3.63, 3.8) is 0 Å². The molecule has 3 rings (SSSR count). The van der Waals surface area contributed by atoms with Gasteiger partial charge in [-0.1, -0.05) is 60.7 Å². The van der Waals surface area contributed by atoms with Crippen LogP contribution in [0.1, 0.15) is 6.42 Å². The molecule has 4 heteroatoms. The average molecular weight is 306 g/mol. The van der Waals surface area contributed by atoms with Crippen LogP contribution < -0.4 is 5.56 Å². The second-order valence-corrected chi connectivity index (χ2v) is 5.25. The first-order valence-electron chi connectivity index (χ1n) is 7.63. The van der Waals surface area contributed by atoms with Gasteiger partial charge in [-0.15, -0.1) is 0 Å². The summed E-state index contributed by atoms with van der Waals surface area (Å²) in [6.07, 6.45) is 1.88. The van der Waals surface area contributed by atoms with Crippen LogP contribution in [0.3, 0.4) is 0 Å². The molecular formula is C19H18N2O2. The Bertz CT molecular complexity index is 827. The first-order chi connectivity index (χ1) is 11.3. The van der Waals surface area contributed by atoms with Gasteiger partial charge >= 0.3 is 0 Å². The molecule has 116 valence electrons. The molecule has 23 heavy (non-hydrogen) atoms. The minimum absolute atomic E-state index is 0.0453. The molecule has 0 atom stereocenters. The van der Waals surface area contributed by atoms with Gasteiger partial charge in [-0.05, 0) is 6.42 Å². The monoisotopic (exact) mass is 306 g/mol. The summed E-state index contributed by atoms with van der Waals surface area (Å²) >= 11 is 0. The van der Waals surface area contributed by atoms with E-state index in [0.717, 1.165) is 22.5 Å². The van der Waals surface area contributed by atoms with Crippen LogP contribution in [-0.4, -0.2) is 21.3 Å². The largest absolute Gasteiger partial charge is 0.396 e. The van der Waals surface area contributed by atoms with Crippen LogP contribution in [0.4, 0.5) is 0 Å². The van der Waals surface area contributed by atoms with E-state index in [-0.39, 0.29) is 12.2 Å². The van der Waals surface area contributed by atoms with Crippen molar-refractivity contribution in [2.75, 3.05) is 6.61 Å². The number of aliphatic hydroxyl groups excluding tert-OH is 1. The zero-order valence-corrected chi connectivity index (χ0v) is 12.7.